The minimum absolute atomic E-state index is 0.539. The summed E-state index contributed by atoms with van der Waals surface area (Å²) in [6.07, 6.45) is -5.43. The van der Waals surface area contributed by atoms with Crippen LogP contribution in [-0.4, -0.2) is 57.6 Å². The molecular weight excluding hydrogens is 180 g/mol. The van der Waals surface area contributed by atoms with Crippen LogP contribution in [-0.2, 0) is 9.39 Å². The molecule has 1 unspecified atom stereocenters. The van der Waals surface area contributed by atoms with E-state index in [0.29, 0.717) is 0 Å². The Kier molecular flexibility index (Phi) is 3.40. The Hall–Kier alpha value is -0.460. The Bertz CT molecular complexity index is 210. The van der Waals surface area contributed by atoms with E-state index in [0.717, 1.165) is 0 Å². The molecule has 5 atom stereocenters. The van der Waals surface area contributed by atoms with Gasteiger partial charge in [0.2, 0.25) is 0 Å². The van der Waals surface area contributed by atoms with Gasteiger partial charge in [-0.25, -0.2) is 0 Å². The molecule has 0 saturated carbocycles. The first-order chi connectivity index (χ1) is 6.11. The number of aliphatic hydroxyl groups is 4. The van der Waals surface area contributed by atoms with Crippen molar-refractivity contribution in [3.63, 3.8) is 0 Å². The summed E-state index contributed by atoms with van der Waals surface area (Å²) in [6, 6.07) is 0. The van der Waals surface area contributed by atoms with Gasteiger partial charge in [0.05, 0.1) is 0 Å². The molecule has 0 amide bonds. The maximum atomic E-state index is 10.2. The molecule has 0 aromatic heterocycles. The van der Waals surface area contributed by atoms with Gasteiger partial charge >= 0.3 is 73.1 Å². The maximum absolute atomic E-state index is 10.2. The second-order valence-corrected chi connectivity index (χ2v) is 2.87. The number of aliphatic hydroxyl groups excluding tert-OH is 4. The van der Waals surface area contributed by atoms with Gasteiger partial charge in [-0.3, -0.25) is 0 Å². The average Bonchev–Trinajstić information content (AvgIpc) is 2.15. The molecule has 0 bridgehead atoms. The molecule has 1 aliphatic rings. The van der Waals surface area contributed by atoms with Crippen LogP contribution in [0.15, 0.2) is 0 Å². The normalized spacial score (nSPS) is 45.6. The van der Waals surface area contributed by atoms with Crippen LogP contribution in [0.25, 0.3) is 0 Å². The fourth-order valence-corrected chi connectivity index (χ4v) is 1.20. The van der Waals surface area contributed by atoms with E-state index in [1.807, 2.05) is 0 Å². The summed E-state index contributed by atoms with van der Waals surface area (Å²) >= 11 is 0. The fourth-order valence-electron chi connectivity index (χ4n) is 1.20. The van der Waals surface area contributed by atoms with Crippen molar-refractivity contribution in [3.8, 4) is 6.15 Å². The van der Waals surface area contributed by atoms with Crippen molar-refractivity contribution >= 4 is 0 Å². The van der Waals surface area contributed by atoms with Crippen molar-refractivity contribution in [3.05, 3.63) is 0 Å². The van der Waals surface area contributed by atoms with Crippen LogP contribution < -0.4 is 0 Å². The summed E-state index contributed by atoms with van der Waals surface area (Å²) in [4.78, 5) is 0. The standard InChI is InChI=1S/C7H11O6/c8-1-3-5(10)7(12)6(11)4(2-9)13-3/h3-8,10-12H,1H2/q+1/t3-,4?,5-,6-,7+/m1/s1. The third-order valence-corrected chi connectivity index (χ3v) is 2.01. The first kappa shape index (κ1) is 10.6. The third kappa shape index (κ3) is 1.90. The van der Waals surface area contributed by atoms with Gasteiger partial charge in [-0.05, 0) is 0 Å². The quantitative estimate of drug-likeness (QED) is 0.335. The van der Waals surface area contributed by atoms with Gasteiger partial charge in [0, 0.05) is 0 Å². The van der Waals surface area contributed by atoms with Crippen molar-refractivity contribution in [2.24, 2.45) is 0 Å². The Morgan fingerprint density at radius 2 is 1.77 bits per heavy atom. The van der Waals surface area contributed by atoms with E-state index in [-0.39, 0.29) is 0 Å². The van der Waals surface area contributed by atoms with Crippen molar-refractivity contribution < 1.29 is 29.8 Å². The molecule has 1 rings (SSSR count). The Morgan fingerprint density at radius 3 is 2.23 bits per heavy atom. The molecule has 0 aromatic carbocycles. The molecule has 1 heterocycles. The fraction of sp³-hybridized carbons (Fsp3) is 0.857. The SMILES string of the molecule is [O+]#CC1O[C@H](CO)[C@@H](O)[C@H](O)[C@@H]1O. The predicted molar refractivity (Wildman–Crippen MR) is 38.3 cm³/mol. The van der Waals surface area contributed by atoms with Crippen molar-refractivity contribution in [2.45, 2.75) is 30.5 Å². The first-order valence-electron chi connectivity index (χ1n) is 3.80. The van der Waals surface area contributed by atoms with Crippen molar-refractivity contribution in [1.82, 2.24) is 0 Å². The summed E-state index contributed by atoms with van der Waals surface area (Å²) < 4.78 is 14.9. The van der Waals surface area contributed by atoms with E-state index < -0.39 is 37.1 Å². The minimum atomic E-state index is -1.50. The van der Waals surface area contributed by atoms with Crippen LogP contribution in [0.3, 0.4) is 0 Å². The van der Waals surface area contributed by atoms with E-state index in [1.54, 1.807) is 0 Å². The van der Waals surface area contributed by atoms with Gasteiger partial charge in [-0.1, -0.05) is 0 Å². The van der Waals surface area contributed by atoms with Gasteiger partial charge in [0.25, 0.3) is 0 Å². The number of rotatable bonds is 1. The van der Waals surface area contributed by atoms with Gasteiger partial charge in [-0.15, -0.1) is 0 Å². The molecule has 1 aliphatic heterocycles. The van der Waals surface area contributed by atoms with Crippen LogP contribution in [0.5, 0.6) is 0 Å². The predicted octanol–water partition coefficient (Wildman–Crippen LogP) is -2.78. The van der Waals surface area contributed by atoms with E-state index >= 15 is 0 Å². The summed E-state index contributed by atoms with van der Waals surface area (Å²) in [7, 11) is 0. The number of hydrogen-bond acceptors (Lipinski definition) is 5. The van der Waals surface area contributed by atoms with Gasteiger partial charge in [-0.2, -0.15) is 0 Å². The molecule has 6 nitrogen and oxygen atoms in total. The van der Waals surface area contributed by atoms with Crippen LogP contribution in [0, 0.1) is 6.15 Å². The van der Waals surface area contributed by atoms with E-state index in [1.165, 1.54) is 6.15 Å². The molecule has 1 fully saturated rings. The van der Waals surface area contributed by atoms with E-state index in [4.69, 9.17) is 14.9 Å². The van der Waals surface area contributed by atoms with Gasteiger partial charge in [0.15, 0.2) is 0 Å². The second-order valence-electron chi connectivity index (χ2n) is 2.87. The molecule has 0 aliphatic carbocycles. The molecule has 74 valence electrons. The molecule has 0 aromatic rings. The molecule has 0 radical (unpaired) electrons. The van der Waals surface area contributed by atoms with Crippen molar-refractivity contribution in [1.29, 1.82) is 0 Å². The zero-order chi connectivity index (χ0) is 10.0. The summed E-state index contributed by atoms with van der Waals surface area (Å²) in [6.45, 7) is -0.539. The summed E-state index contributed by atoms with van der Waals surface area (Å²) in [5.41, 5.74) is 0. The molecule has 1 saturated heterocycles. The first-order valence-corrected chi connectivity index (χ1v) is 3.80. The average molecular weight is 191 g/mol. The van der Waals surface area contributed by atoms with Crippen LogP contribution in [0.2, 0.25) is 0 Å². The zero-order valence-electron chi connectivity index (χ0n) is 6.70. The van der Waals surface area contributed by atoms with Crippen LogP contribution in [0.4, 0.5) is 0 Å². The molecular formula is C7H11O6+. The summed E-state index contributed by atoms with van der Waals surface area (Å²) in [5, 5.41) is 36.2. The van der Waals surface area contributed by atoms with Crippen LogP contribution in [0.1, 0.15) is 0 Å². The second kappa shape index (κ2) is 4.17. The van der Waals surface area contributed by atoms with Crippen LogP contribution >= 0.6 is 0 Å². The number of hydrogen-bond donors (Lipinski definition) is 4. The monoisotopic (exact) mass is 191 g/mol. The third-order valence-electron chi connectivity index (χ3n) is 2.01. The molecule has 4 N–H and O–H groups in total. The molecule has 0 spiro atoms. The van der Waals surface area contributed by atoms with E-state index in [2.05, 4.69) is 0 Å². The number of ether oxygens (including phenoxy) is 1. The zero-order valence-corrected chi connectivity index (χ0v) is 6.70. The van der Waals surface area contributed by atoms with E-state index in [9.17, 15) is 14.9 Å². The molecule has 13 heavy (non-hydrogen) atoms. The Labute approximate surface area is 74.1 Å². The Morgan fingerprint density at radius 1 is 1.15 bits per heavy atom. The topological polar surface area (TPSA) is 110 Å². The Balaban J connectivity index is 2.73. The van der Waals surface area contributed by atoms with Gasteiger partial charge < -0.3 is 0 Å². The van der Waals surface area contributed by atoms with Gasteiger partial charge in [0.1, 0.15) is 0 Å². The van der Waals surface area contributed by atoms with Crippen molar-refractivity contribution in [2.75, 3.05) is 6.61 Å². The summed E-state index contributed by atoms with van der Waals surface area (Å²) in [5.74, 6) is 0. The molecule has 6 heteroatoms.